The summed E-state index contributed by atoms with van der Waals surface area (Å²) in [6.45, 7) is 2.84. The summed E-state index contributed by atoms with van der Waals surface area (Å²) in [4.78, 5) is 26.2. The molecule has 8 heteroatoms. The molecule has 39 heavy (non-hydrogen) atoms. The molecule has 3 aromatic heterocycles. The van der Waals surface area contributed by atoms with E-state index < -0.39 is 0 Å². The zero-order valence-corrected chi connectivity index (χ0v) is 22.0. The molecule has 0 atom stereocenters. The van der Waals surface area contributed by atoms with Crippen molar-refractivity contribution in [1.82, 2.24) is 24.7 Å². The average Bonchev–Trinajstić information content (AvgIpc) is 3.37. The molecule has 1 amide bonds. The fourth-order valence-electron chi connectivity index (χ4n) is 5.65. The van der Waals surface area contributed by atoms with Crippen LogP contribution in [-0.4, -0.2) is 38.6 Å². The number of pyridine rings is 1. The Kier molecular flexibility index (Phi) is 6.84. The second kappa shape index (κ2) is 10.7. The second-order valence-electron chi connectivity index (χ2n) is 10.1. The maximum Gasteiger partial charge on any atom is 0.407 e. The summed E-state index contributed by atoms with van der Waals surface area (Å²) in [5.74, 6) is 2.21. The van der Waals surface area contributed by atoms with Gasteiger partial charge in [0.1, 0.15) is 22.9 Å². The van der Waals surface area contributed by atoms with Crippen LogP contribution in [-0.2, 0) is 4.74 Å². The van der Waals surface area contributed by atoms with E-state index in [2.05, 4.69) is 57.2 Å². The maximum atomic E-state index is 11.7. The van der Waals surface area contributed by atoms with Gasteiger partial charge < -0.3 is 15.8 Å². The van der Waals surface area contributed by atoms with Crippen molar-refractivity contribution in [1.29, 1.82) is 0 Å². The van der Waals surface area contributed by atoms with Gasteiger partial charge in [0.2, 0.25) is 0 Å². The van der Waals surface area contributed by atoms with Crippen LogP contribution in [0.4, 0.5) is 10.6 Å². The Hall–Kier alpha value is -4.46. The topological polar surface area (TPSA) is 107 Å². The van der Waals surface area contributed by atoms with E-state index in [1.807, 2.05) is 31.3 Å². The van der Waals surface area contributed by atoms with Gasteiger partial charge in [-0.2, -0.15) is 0 Å². The highest BCUT2D eigenvalue weighted by atomic mass is 16.5. The fraction of sp³-hybridized carbons (Fsp3) is 0.290. The van der Waals surface area contributed by atoms with Gasteiger partial charge in [-0.1, -0.05) is 48.5 Å². The first kappa shape index (κ1) is 24.9. The van der Waals surface area contributed by atoms with Crippen molar-refractivity contribution in [2.75, 3.05) is 18.9 Å². The molecule has 1 aliphatic rings. The molecule has 1 fully saturated rings. The summed E-state index contributed by atoms with van der Waals surface area (Å²) >= 11 is 0. The monoisotopic (exact) mass is 520 g/mol. The summed E-state index contributed by atoms with van der Waals surface area (Å²) in [5, 5.41) is 3.96. The van der Waals surface area contributed by atoms with Crippen LogP contribution in [0.2, 0.25) is 0 Å². The SMILES string of the molecule is CCOC(=O)NCC1CCC(c2nc(-c3ccc4ccc(-c5ccccc5)nc4c3)c3c(N)nccn23)CC1. The molecule has 0 spiro atoms. The number of carbonyl (C=O) groups is 1. The van der Waals surface area contributed by atoms with Crippen LogP contribution in [0.15, 0.2) is 73.1 Å². The lowest BCUT2D eigenvalue weighted by atomic mass is 9.81. The van der Waals surface area contributed by atoms with Gasteiger partial charge >= 0.3 is 6.09 Å². The van der Waals surface area contributed by atoms with Crippen LogP contribution in [0.25, 0.3) is 38.9 Å². The number of nitrogen functional groups attached to an aromatic ring is 1. The van der Waals surface area contributed by atoms with Crippen LogP contribution < -0.4 is 11.1 Å². The predicted molar refractivity (Wildman–Crippen MR) is 153 cm³/mol. The number of ether oxygens (including phenoxy) is 1. The molecular formula is C31H32N6O2. The number of rotatable bonds is 6. The highest BCUT2D eigenvalue weighted by Crippen LogP contribution is 2.39. The zero-order chi connectivity index (χ0) is 26.8. The first-order valence-electron chi connectivity index (χ1n) is 13.6. The Morgan fingerprint density at radius 1 is 1.03 bits per heavy atom. The number of hydrogen-bond donors (Lipinski definition) is 2. The molecule has 2 aromatic carbocycles. The molecule has 0 saturated heterocycles. The molecule has 5 aromatic rings. The first-order chi connectivity index (χ1) is 19.1. The molecular weight excluding hydrogens is 488 g/mol. The van der Waals surface area contributed by atoms with Gasteiger partial charge in [0.15, 0.2) is 0 Å². The number of nitrogens with two attached hydrogens (primary N) is 1. The number of carbonyl (C=O) groups excluding carboxylic acids is 1. The van der Waals surface area contributed by atoms with Gasteiger partial charge in [-0.25, -0.2) is 19.7 Å². The fourth-order valence-corrected chi connectivity index (χ4v) is 5.65. The van der Waals surface area contributed by atoms with E-state index in [0.29, 0.717) is 30.8 Å². The van der Waals surface area contributed by atoms with Gasteiger partial charge in [0, 0.05) is 41.4 Å². The van der Waals surface area contributed by atoms with Crippen LogP contribution >= 0.6 is 0 Å². The summed E-state index contributed by atoms with van der Waals surface area (Å²) < 4.78 is 7.11. The number of alkyl carbamates (subject to hydrolysis) is 1. The number of aromatic nitrogens is 4. The number of nitrogens with one attached hydrogen (secondary N) is 1. The third-order valence-electron chi connectivity index (χ3n) is 7.67. The minimum Gasteiger partial charge on any atom is -0.450 e. The standard InChI is InChI=1S/C31H32N6O2/c1-2-39-31(38)34-19-20-8-10-23(11-9-20)30-36-27(28-29(32)33-16-17-37(28)30)24-13-12-22-14-15-25(35-26(22)18-24)21-6-4-3-5-7-21/h3-7,12-18,20,23H,2,8-11,19H2,1H3,(H2,32,33)(H,34,38). The highest BCUT2D eigenvalue weighted by Gasteiger charge is 2.28. The summed E-state index contributed by atoms with van der Waals surface area (Å²) in [6.07, 6.45) is 7.38. The molecule has 0 bridgehead atoms. The van der Waals surface area contributed by atoms with Crippen molar-refractivity contribution in [3.8, 4) is 22.5 Å². The van der Waals surface area contributed by atoms with E-state index in [1.165, 1.54) is 0 Å². The number of anilines is 1. The third kappa shape index (κ3) is 5.02. The van der Waals surface area contributed by atoms with Crippen LogP contribution in [0.5, 0.6) is 0 Å². The molecule has 0 unspecified atom stereocenters. The predicted octanol–water partition coefficient (Wildman–Crippen LogP) is 6.21. The molecule has 198 valence electrons. The number of hydrogen-bond acceptors (Lipinski definition) is 6. The van der Waals surface area contributed by atoms with E-state index >= 15 is 0 Å². The van der Waals surface area contributed by atoms with E-state index in [-0.39, 0.29) is 6.09 Å². The van der Waals surface area contributed by atoms with E-state index in [9.17, 15) is 4.79 Å². The smallest absolute Gasteiger partial charge is 0.407 e. The lowest BCUT2D eigenvalue weighted by Crippen LogP contribution is -2.31. The number of benzene rings is 2. The summed E-state index contributed by atoms with van der Waals surface area (Å²) in [6, 6.07) is 20.6. The molecule has 3 heterocycles. The van der Waals surface area contributed by atoms with Gasteiger partial charge in [0.05, 0.1) is 17.8 Å². The molecule has 6 rings (SSSR count). The largest absolute Gasteiger partial charge is 0.450 e. The molecule has 3 N–H and O–H groups in total. The lowest BCUT2D eigenvalue weighted by molar-refractivity contribution is 0.148. The number of fused-ring (bicyclic) bond motifs is 2. The Bertz CT molecular complexity index is 1620. The molecule has 0 radical (unpaired) electrons. The Labute approximate surface area is 227 Å². The van der Waals surface area contributed by atoms with E-state index in [4.69, 9.17) is 20.4 Å². The van der Waals surface area contributed by atoms with Gasteiger partial charge in [-0.3, -0.25) is 4.40 Å². The third-order valence-corrected chi connectivity index (χ3v) is 7.67. The number of nitrogens with zero attached hydrogens (tertiary/aromatic N) is 4. The van der Waals surface area contributed by atoms with Crippen molar-refractivity contribution >= 4 is 28.3 Å². The molecule has 1 aliphatic carbocycles. The normalized spacial score (nSPS) is 17.4. The van der Waals surface area contributed by atoms with E-state index in [0.717, 1.165) is 70.4 Å². The first-order valence-corrected chi connectivity index (χ1v) is 13.6. The van der Waals surface area contributed by atoms with E-state index in [1.54, 1.807) is 6.20 Å². The summed E-state index contributed by atoms with van der Waals surface area (Å²) in [5.41, 5.74) is 12.0. The Balaban J connectivity index is 1.31. The van der Waals surface area contributed by atoms with Crippen LogP contribution in [0.3, 0.4) is 0 Å². The average molecular weight is 521 g/mol. The van der Waals surface area contributed by atoms with Crippen molar-refractivity contribution < 1.29 is 9.53 Å². The quantitative estimate of drug-likeness (QED) is 0.275. The minimum atomic E-state index is -0.341. The Morgan fingerprint density at radius 2 is 1.82 bits per heavy atom. The lowest BCUT2D eigenvalue weighted by Gasteiger charge is -2.27. The van der Waals surface area contributed by atoms with Crippen molar-refractivity contribution in [3.05, 3.63) is 78.9 Å². The summed E-state index contributed by atoms with van der Waals surface area (Å²) in [7, 11) is 0. The number of amides is 1. The molecule has 8 nitrogen and oxygen atoms in total. The Morgan fingerprint density at radius 3 is 2.62 bits per heavy atom. The second-order valence-corrected chi connectivity index (χ2v) is 10.1. The minimum absolute atomic E-state index is 0.301. The zero-order valence-electron chi connectivity index (χ0n) is 22.0. The van der Waals surface area contributed by atoms with Crippen LogP contribution in [0, 0.1) is 5.92 Å². The van der Waals surface area contributed by atoms with Crippen molar-refractivity contribution in [2.24, 2.45) is 5.92 Å². The molecule has 1 saturated carbocycles. The maximum absolute atomic E-state index is 11.7. The van der Waals surface area contributed by atoms with Crippen molar-refractivity contribution in [2.45, 2.75) is 38.5 Å². The van der Waals surface area contributed by atoms with Gasteiger partial charge in [0.25, 0.3) is 0 Å². The highest BCUT2D eigenvalue weighted by molar-refractivity contribution is 5.91. The van der Waals surface area contributed by atoms with Crippen molar-refractivity contribution in [3.63, 3.8) is 0 Å². The molecule has 0 aliphatic heterocycles. The van der Waals surface area contributed by atoms with Gasteiger partial charge in [-0.15, -0.1) is 0 Å². The van der Waals surface area contributed by atoms with Crippen LogP contribution in [0.1, 0.15) is 44.3 Å². The number of imidazole rings is 1. The van der Waals surface area contributed by atoms with Gasteiger partial charge in [-0.05, 0) is 50.7 Å².